The van der Waals surface area contributed by atoms with Crippen LogP contribution in [0.15, 0.2) is 0 Å². The van der Waals surface area contributed by atoms with Gasteiger partial charge < -0.3 is 0 Å². The minimum absolute atomic E-state index is 1.11. The van der Waals surface area contributed by atoms with Crippen molar-refractivity contribution in [3.05, 3.63) is 0 Å². The zero-order valence-electron chi connectivity index (χ0n) is 13.6. The van der Waals surface area contributed by atoms with Crippen LogP contribution < -0.4 is 10.9 Å². The van der Waals surface area contributed by atoms with Crippen LogP contribution >= 0.6 is 0 Å². The Balaban J connectivity index is 2.88. The zero-order valence-corrected chi connectivity index (χ0v) is 13.6. The quantitative estimate of drug-likeness (QED) is 0.298. The highest BCUT2D eigenvalue weighted by molar-refractivity contribution is 4.49. The van der Waals surface area contributed by atoms with Gasteiger partial charge in [-0.2, -0.15) is 0 Å². The molecule has 0 unspecified atom stereocenters. The molecule has 2 nitrogen and oxygen atoms in total. The third-order valence-electron chi connectivity index (χ3n) is 3.83. The fourth-order valence-electron chi connectivity index (χ4n) is 2.53. The largest absolute Gasteiger partial charge is 0.261 e. The van der Waals surface area contributed by atoms with E-state index in [1.807, 2.05) is 7.05 Å². The molecule has 0 heterocycles. The SMILES string of the molecule is CCCCCCCCCCCCCCCCNNC. The van der Waals surface area contributed by atoms with Crippen molar-refractivity contribution in [2.24, 2.45) is 0 Å². The van der Waals surface area contributed by atoms with Crippen molar-refractivity contribution in [2.75, 3.05) is 13.6 Å². The minimum Gasteiger partial charge on any atom is -0.261 e. The molecule has 0 aromatic heterocycles. The molecular weight excluding hydrogens is 232 g/mol. The van der Waals surface area contributed by atoms with E-state index in [1.165, 1.54) is 89.9 Å². The summed E-state index contributed by atoms with van der Waals surface area (Å²) in [5, 5.41) is 0. The van der Waals surface area contributed by atoms with E-state index in [2.05, 4.69) is 17.8 Å². The predicted octanol–water partition coefficient (Wildman–Crippen LogP) is 5.19. The van der Waals surface area contributed by atoms with Crippen LogP contribution in [0, 0.1) is 0 Å². The number of nitrogens with one attached hydrogen (secondary N) is 2. The van der Waals surface area contributed by atoms with Crippen LogP contribution in [0.3, 0.4) is 0 Å². The summed E-state index contributed by atoms with van der Waals surface area (Å²) in [6, 6.07) is 0. The number of hydrogen-bond donors (Lipinski definition) is 2. The first-order valence-electron chi connectivity index (χ1n) is 8.81. The van der Waals surface area contributed by atoms with Gasteiger partial charge in [-0.1, -0.05) is 90.4 Å². The summed E-state index contributed by atoms with van der Waals surface area (Å²) in [4.78, 5) is 0. The summed E-state index contributed by atoms with van der Waals surface area (Å²) >= 11 is 0. The Hall–Kier alpha value is -0.0800. The van der Waals surface area contributed by atoms with Crippen LogP contribution in [0.2, 0.25) is 0 Å². The van der Waals surface area contributed by atoms with Crippen LogP contribution in [0.25, 0.3) is 0 Å². The second-order valence-corrected chi connectivity index (χ2v) is 5.77. The van der Waals surface area contributed by atoms with Crippen molar-refractivity contribution in [3.8, 4) is 0 Å². The maximum absolute atomic E-state index is 3.14. The van der Waals surface area contributed by atoms with Crippen LogP contribution in [0.4, 0.5) is 0 Å². The van der Waals surface area contributed by atoms with Gasteiger partial charge in [-0.05, 0) is 13.5 Å². The lowest BCUT2D eigenvalue weighted by Crippen LogP contribution is -2.28. The van der Waals surface area contributed by atoms with Gasteiger partial charge in [0.15, 0.2) is 0 Å². The predicted molar refractivity (Wildman–Crippen MR) is 87.4 cm³/mol. The molecule has 0 aliphatic carbocycles. The number of hydrogen-bond acceptors (Lipinski definition) is 2. The molecule has 0 saturated carbocycles. The van der Waals surface area contributed by atoms with Crippen LogP contribution in [0.1, 0.15) is 96.8 Å². The first-order chi connectivity index (χ1) is 9.41. The van der Waals surface area contributed by atoms with Gasteiger partial charge in [0, 0.05) is 6.54 Å². The van der Waals surface area contributed by atoms with E-state index in [0.717, 1.165) is 6.54 Å². The second-order valence-electron chi connectivity index (χ2n) is 5.77. The highest BCUT2D eigenvalue weighted by Gasteiger charge is 1.93. The lowest BCUT2D eigenvalue weighted by Gasteiger charge is -2.04. The van der Waals surface area contributed by atoms with E-state index in [-0.39, 0.29) is 0 Å². The molecule has 0 radical (unpaired) electrons. The number of unbranched alkanes of at least 4 members (excludes halogenated alkanes) is 13. The molecule has 0 aromatic carbocycles. The Morgan fingerprint density at radius 1 is 0.526 bits per heavy atom. The van der Waals surface area contributed by atoms with Crippen molar-refractivity contribution >= 4 is 0 Å². The molecule has 0 aromatic rings. The Morgan fingerprint density at radius 3 is 1.26 bits per heavy atom. The van der Waals surface area contributed by atoms with Gasteiger partial charge in [0.1, 0.15) is 0 Å². The summed E-state index contributed by atoms with van der Waals surface area (Å²) in [6.07, 6.45) is 20.1. The second kappa shape index (κ2) is 17.9. The normalized spacial score (nSPS) is 11.1. The van der Waals surface area contributed by atoms with Gasteiger partial charge in [0.05, 0.1) is 0 Å². The van der Waals surface area contributed by atoms with Gasteiger partial charge in [0.25, 0.3) is 0 Å². The molecule has 2 N–H and O–H groups in total. The van der Waals surface area contributed by atoms with E-state index in [0.29, 0.717) is 0 Å². The third kappa shape index (κ3) is 17.9. The summed E-state index contributed by atoms with van der Waals surface area (Å²) in [7, 11) is 1.93. The number of rotatable bonds is 16. The highest BCUT2D eigenvalue weighted by atomic mass is 15.3. The topological polar surface area (TPSA) is 24.1 Å². The molecule has 0 aliphatic heterocycles. The van der Waals surface area contributed by atoms with Gasteiger partial charge >= 0.3 is 0 Å². The van der Waals surface area contributed by atoms with Crippen molar-refractivity contribution in [2.45, 2.75) is 96.8 Å². The Kier molecular flexibility index (Phi) is 17.8. The first kappa shape index (κ1) is 18.9. The van der Waals surface area contributed by atoms with Crippen molar-refractivity contribution in [1.29, 1.82) is 0 Å². The van der Waals surface area contributed by atoms with E-state index in [1.54, 1.807) is 0 Å². The molecule has 0 spiro atoms. The Labute approximate surface area is 122 Å². The monoisotopic (exact) mass is 270 g/mol. The maximum atomic E-state index is 3.14. The molecule has 0 bridgehead atoms. The van der Waals surface area contributed by atoms with Gasteiger partial charge in [-0.25, -0.2) is 0 Å². The van der Waals surface area contributed by atoms with E-state index in [9.17, 15) is 0 Å². The average Bonchev–Trinajstić information content (AvgIpc) is 2.43. The summed E-state index contributed by atoms with van der Waals surface area (Å²) in [5.41, 5.74) is 6.11. The standard InChI is InChI=1S/C17H38N2/c1-3-4-5-6-7-8-9-10-11-12-13-14-15-16-17-19-18-2/h18-19H,3-17H2,1-2H3. The Bertz CT molecular complexity index is 132. The molecular formula is C17H38N2. The average molecular weight is 271 g/mol. The third-order valence-corrected chi connectivity index (χ3v) is 3.83. The molecule has 0 saturated heterocycles. The molecule has 0 amide bonds. The summed E-state index contributed by atoms with van der Waals surface area (Å²) in [6.45, 7) is 3.39. The van der Waals surface area contributed by atoms with E-state index in [4.69, 9.17) is 0 Å². The van der Waals surface area contributed by atoms with Crippen LogP contribution in [-0.2, 0) is 0 Å². The molecule has 116 valence electrons. The molecule has 2 heteroatoms. The van der Waals surface area contributed by atoms with E-state index >= 15 is 0 Å². The van der Waals surface area contributed by atoms with Crippen LogP contribution in [-0.4, -0.2) is 13.6 Å². The summed E-state index contributed by atoms with van der Waals surface area (Å²) < 4.78 is 0. The number of hydrazine groups is 1. The van der Waals surface area contributed by atoms with Gasteiger partial charge in [0.2, 0.25) is 0 Å². The molecule has 19 heavy (non-hydrogen) atoms. The molecule has 0 atom stereocenters. The first-order valence-corrected chi connectivity index (χ1v) is 8.81. The maximum Gasteiger partial charge on any atom is 0.00996 e. The van der Waals surface area contributed by atoms with Crippen molar-refractivity contribution in [1.82, 2.24) is 10.9 Å². The van der Waals surface area contributed by atoms with Crippen molar-refractivity contribution < 1.29 is 0 Å². The minimum atomic E-state index is 1.11. The molecule has 0 fully saturated rings. The lowest BCUT2D eigenvalue weighted by atomic mass is 10.0. The molecule has 0 rings (SSSR count). The van der Waals surface area contributed by atoms with E-state index < -0.39 is 0 Å². The zero-order chi connectivity index (χ0) is 14.0. The lowest BCUT2D eigenvalue weighted by molar-refractivity contribution is 0.518. The molecule has 0 aliphatic rings. The van der Waals surface area contributed by atoms with Crippen molar-refractivity contribution in [3.63, 3.8) is 0 Å². The Morgan fingerprint density at radius 2 is 0.895 bits per heavy atom. The fourth-order valence-corrected chi connectivity index (χ4v) is 2.53. The highest BCUT2D eigenvalue weighted by Crippen LogP contribution is 2.12. The van der Waals surface area contributed by atoms with Gasteiger partial charge in [-0.3, -0.25) is 10.9 Å². The van der Waals surface area contributed by atoms with Crippen LogP contribution in [0.5, 0.6) is 0 Å². The summed E-state index contributed by atoms with van der Waals surface area (Å²) in [5.74, 6) is 0. The van der Waals surface area contributed by atoms with Gasteiger partial charge in [-0.15, -0.1) is 0 Å². The smallest absolute Gasteiger partial charge is 0.00996 e. The fraction of sp³-hybridized carbons (Fsp3) is 1.00.